The quantitative estimate of drug-likeness (QED) is 0.782. The van der Waals surface area contributed by atoms with Crippen molar-refractivity contribution in [2.45, 2.75) is 38.6 Å². The lowest BCUT2D eigenvalue weighted by molar-refractivity contribution is -0.134. The van der Waals surface area contributed by atoms with Crippen LogP contribution in [-0.4, -0.2) is 37.8 Å². The van der Waals surface area contributed by atoms with E-state index in [9.17, 15) is 18.0 Å². The summed E-state index contributed by atoms with van der Waals surface area (Å²) in [7, 11) is -3.06. The van der Waals surface area contributed by atoms with Crippen molar-refractivity contribution in [2.75, 3.05) is 16.8 Å². The van der Waals surface area contributed by atoms with E-state index in [1.165, 1.54) is 0 Å². The maximum absolute atomic E-state index is 12.6. The molecule has 6 nitrogen and oxygen atoms in total. The molecule has 2 fully saturated rings. The van der Waals surface area contributed by atoms with Crippen LogP contribution in [0.1, 0.15) is 31.7 Å². The van der Waals surface area contributed by atoms with Gasteiger partial charge in [-0.3, -0.25) is 9.59 Å². The van der Waals surface area contributed by atoms with Crippen molar-refractivity contribution in [1.29, 1.82) is 0 Å². The summed E-state index contributed by atoms with van der Waals surface area (Å²) in [6.07, 6.45) is 2.21. The number of carbonyl (C=O) groups is 2. The predicted octanol–water partition coefficient (Wildman–Crippen LogP) is 1.27. The SMILES string of the molecule is CCc1ccccc1NC(=O)C1(C(=O)NC2CCS(=O)(=O)C2)CC1. The zero-order valence-electron chi connectivity index (χ0n) is 13.7. The van der Waals surface area contributed by atoms with Gasteiger partial charge in [-0.1, -0.05) is 25.1 Å². The highest BCUT2D eigenvalue weighted by atomic mass is 32.2. The van der Waals surface area contributed by atoms with Gasteiger partial charge >= 0.3 is 0 Å². The monoisotopic (exact) mass is 350 g/mol. The number of rotatable bonds is 5. The number of benzene rings is 1. The molecule has 1 heterocycles. The van der Waals surface area contributed by atoms with E-state index < -0.39 is 15.3 Å². The third kappa shape index (κ3) is 3.31. The Hall–Kier alpha value is -1.89. The molecule has 3 rings (SSSR count). The van der Waals surface area contributed by atoms with Crippen molar-refractivity contribution in [3.63, 3.8) is 0 Å². The van der Waals surface area contributed by atoms with Crippen LogP contribution in [0.25, 0.3) is 0 Å². The number of amides is 2. The summed E-state index contributed by atoms with van der Waals surface area (Å²) in [6.45, 7) is 2.01. The Morgan fingerprint density at radius 1 is 1.21 bits per heavy atom. The summed E-state index contributed by atoms with van der Waals surface area (Å²) in [5.41, 5.74) is 0.698. The maximum atomic E-state index is 12.6. The first kappa shape index (κ1) is 17.0. The smallest absolute Gasteiger partial charge is 0.240 e. The topological polar surface area (TPSA) is 92.3 Å². The van der Waals surface area contributed by atoms with E-state index in [0.29, 0.717) is 19.3 Å². The maximum Gasteiger partial charge on any atom is 0.240 e. The second-order valence-electron chi connectivity index (χ2n) is 6.62. The highest BCUT2D eigenvalue weighted by molar-refractivity contribution is 7.91. The highest BCUT2D eigenvalue weighted by Gasteiger charge is 2.57. The molecule has 1 aromatic carbocycles. The molecule has 0 spiro atoms. The van der Waals surface area contributed by atoms with Gasteiger partial charge < -0.3 is 10.6 Å². The van der Waals surface area contributed by atoms with Crippen LogP contribution in [0.15, 0.2) is 24.3 Å². The van der Waals surface area contributed by atoms with Crippen molar-refractivity contribution in [3.8, 4) is 0 Å². The molecule has 2 amide bonds. The molecule has 0 aromatic heterocycles. The molecule has 0 bridgehead atoms. The first-order chi connectivity index (χ1) is 11.4. The molecular formula is C17H22N2O4S. The number of nitrogens with one attached hydrogen (secondary N) is 2. The third-order valence-electron chi connectivity index (χ3n) is 4.83. The first-order valence-corrected chi connectivity index (χ1v) is 10.1. The normalized spacial score (nSPS) is 23.5. The van der Waals surface area contributed by atoms with Gasteiger partial charge in [-0.15, -0.1) is 0 Å². The van der Waals surface area contributed by atoms with Gasteiger partial charge in [-0.25, -0.2) is 8.42 Å². The summed E-state index contributed by atoms with van der Waals surface area (Å²) in [4.78, 5) is 25.1. The van der Waals surface area contributed by atoms with Gasteiger partial charge in [0.1, 0.15) is 5.41 Å². The van der Waals surface area contributed by atoms with E-state index in [1.807, 2.05) is 31.2 Å². The fourth-order valence-corrected chi connectivity index (χ4v) is 4.78. The molecule has 130 valence electrons. The largest absolute Gasteiger partial charge is 0.351 e. The van der Waals surface area contributed by atoms with Crippen LogP contribution in [-0.2, 0) is 25.8 Å². The summed E-state index contributed by atoms with van der Waals surface area (Å²) in [5.74, 6) is -0.589. The standard InChI is InChI=1S/C17H22N2O4S/c1-2-12-5-3-4-6-14(12)19-16(21)17(8-9-17)15(20)18-13-7-10-24(22,23)11-13/h3-6,13H,2,7-11H2,1H3,(H,18,20)(H,19,21). The van der Waals surface area contributed by atoms with E-state index in [4.69, 9.17) is 0 Å². The Balaban J connectivity index is 1.67. The Kier molecular flexibility index (Phi) is 4.38. The van der Waals surface area contributed by atoms with Crippen LogP contribution in [0.5, 0.6) is 0 Å². The average Bonchev–Trinajstić information content (AvgIpc) is 3.28. The van der Waals surface area contributed by atoms with E-state index in [0.717, 1.165) is 17.7 Å². The molecule has 1 atom stereocenters. The van der Waals surface area contributed by atoms with E-state index in [2.05, 4.69) is 10.6 Å². The summed E-state index contributed by atoms with van der Waals surface area (Å²) in [6, 6.07) is 7.15. The number of aryl methyl sites for hydroxylation is 1. The molecule has 1 aliphatic carbocycles. The van der Waals surface area contributed by atoms with E-state index >= 15 is 0 Å². The van der Waals surface area contributed by atoms with Gasteiger partial charge in [-0.05, 0) is 37.3 Å². The zero-order chi connectivity index (χ0) is 17.4. The number of anilines is 1. The summed E-state index contributed by atoms with van der Waals surface area (Å²) < 4.78 is 23.0. The minimum Gasteiger partial charge on any atom is -0.351 e. The first-order valence-electron chi connectivity index (χ1n) is 8.27. The van der Waals surface area contributed by atoms with Crippen molar-refractivity contribution in [3.05, 3.63) is 29.8 Å². The van der Waals surface area contributed by atoms with Crippen molar-refractivity contribution >= 4 is 27.3 Å². The second-order valence-corrected chi connectivity index (χ2v) is 8.85. The predicted molar refractivity (Wildman–Crippen MR) is 91.3 cm³/mol. The molecule has 2 aliphatic rings. The van der Waals surface area contributed by atoms with Crippen LogP contribution in [0.4, 0.5) is 5.69 Å². The molecule has 1 unspecified atom stereocenters. The molecule has 1 aliphatic heterocycles. The van der Waals surface area contributed by atoms with Gasteiger partial charge in [-0.2, -0.15) is 0 Å². The van der Waals surface area contributed by atoms with E-state index in [1.54, 1.807) is 0 Å². The number of carbonyl (C=O) groups excluding carboxylic acids is 2. The third-order valence-corrected chi connectivity index (χ3v) is 6.60. The summed E-state index contributed by atoms with van der Waals surface area (Å²) >= 11 is 0. The lowest BCUT2D eigenvalue weighted by Crippen LogP contribution is -2.45. The van der Waals surface area contributed by atoms with Crippen LogP contribution >= 0.6 is 0 Å². The molecule has 2 N–H and O–H groups in total. The molecule has 1 aromatic rings. The Labute approximate surface area is 141 Å². The molecular weight excluding hydrogens is 328 g/mol. The van der Waals surface area contributed by atoms with Crippen molar-refractivity contribution in [1.82, 2.24) is 5.32 Å². The lowest BCUT2D eigenvalue weighted by atomic mass is 10.0. The average molecular weight is 350 g/mol. The van der Waals surface area contributed by atoms with E-state index in [-0.39, 0.29) is 29.4 Å². The lowest BCUT2D eigenvalue weighted by Gasteiger charge is -2.19. The van der Waals surface area contributed by atoms with Crippen LogP contribution in [0, 0.1) is 5.41 Å². The van der Waals surface area contributed by atoms with Gasteiger partial charge in [0, 0.05) is 11.7 Å². The number of sulfone groups is 1. The molecule has 0 radical (unpaired) electrons. The molecule has 24 heavy (non-hydrogen) atoms. The van der Waals surface area contributed by atoms with Crippen LogP contribution in [0.3, 0.4) is 0 Å². The van der Waals surface area contributed by atoms with Gasteiger partial charge in [0.25, 0.3) is 0 Å². The summed E-state index contributed by atoms with van der Waals surface area (Å²) in [5, 5.41) is 5.62. The van der Waals surface area contributed by atoms with Gasteiger partial charge in [0.15, 0.2) is 9.84 Å². The van der Waals surface area contributed by atoms with Gasteiger partial charge in [0.2, 0.25) is 11.8 Å². The fraction of sp³-hybridized carbons (Fsp3) is 0.529. The Bertz CT molecular complexity index is 769. The van der Waals surface area contributed by atoms with Crippen molar-refractivity contribution < 1.29 is 18.0 Å². The highest BCUT2D eigenvalue weighted by Crippen LogP contribution is 2.47. The number of hydrogen-bond donors (Lipinski definition) is 2. The number of hydrogen-bond acceptors (Lipinski definition) is 4. The van der Waals surface area contributed by atoms with Crippen molar-refractivity contribution in [2.24, 2.45) is 5.41 Å². The Morgan fingerprint density at radius 2 is 1.92 bits per heavy atom. The minimum absolute atomic E-state index is 0.0326. The Morgan fingerprint density at radius 3 is 2.50 bits per heavy atom. The molecule has 1 saturated carbocycles. The molecule has 7 heteroatoms. The van der Waals surface area contributed by atoms with Crippen LogP contribution in [0.2, 0.25) is 0 Å². The van der Waals surface area contributed by atoms with Crippen LogP contribution < -0.4 is 10.6 Å². The second kappa shape index (κ2) is 6.20. The fourth-order valence-electron chi connectivity index (χ4n) is 3.11. The molecule has 1 saturated heterocycles. The zero-order valence-corrected chi connectivity index (χ0v) is 14.5. The van der Waals surface area contributed by atoms with Gasteiger partial charge in [0.05, 0.1) is 11.5 Å². The minimum atomic E-state index is -3.06. The number of para-hydroxylation sites is 1.